The number of carbonyl (C=O) groups excluding carboxylic acids is 1. The standard InChI is InChI=1S/C14H26N2O2S.ClH/c1-19-7-4-13(18)16-14(11-8-12(17)9-11)10-2-5-15-6-3-10;/h10-12,14-15,17H,2-9H2,1H3,(H,16,18);1H. The van der Waals surface area contributed by atoms with Gasteiger partial charge in [-0.3, -0.25) is 4.79 Å². The highest BCUT2D eigenvalue weighted by molar-refractivity contribution is 7.98. The van der Waals surface area contributed by atoms with Crippen molar-refractivity contribution in [3.63, 3.8) is 0 Å². The number of hydrogen-bond donors (Lipinski definition) is 3. The van der Waals surface area contributed by atoms with Gasteiger partial charge >= 0.3 is 0 Å². The summed E-state index contributed by atoms with van der Waals surface area (Å²) >= 11 is 1.71. The van der Waals surface area contributed by atoms with Crippen molar-refractivity contribution in [1.29, 1.82) is 0 Å². The lowest BCUT2D eigenvalue weighted by Crippen LogP contribution is -2.52. The topological polar surface area (TPSA) is 61.4 Å². The lowest BCUT2D eigenvalue weighted by molar-refractivity contribution is -0.123. The van der Waals surface area contributed by atoms with E-state index in [9.17, 15) is 9.90 Å². The zero-order valence-electron chi connectivity index (χ0n) is 12.1. The predicted molar refractivity (Wildman–Crippen MR) is 86.5 cm³/mol. The van der Waals surface area contributed by atoms with Crippen molar-refractivity contribution in [2.75, 3.05) is 25.1 Å². The number of amides is 1. The van der Waals surface area contributed by atoms with Gasteiger partial charge in [0, 0.05) is 18.2 Å². The molecule has 1 aliphatic heterocycles. The van der Waals surface area contributed by atoms with E-state index in [0.717, 1.165) is 44.5 Å². The number of hydrogen-bond acceptors (Lipinski definition) is 4. The molecule has 1 aliphatic carbocycles. The van der Waals surface area contributed by atoms with Crippen LogP contribution < -0.4 is 10.6 Å². The minimum Gasteiger partial charge on any atom is -0.393 e. The summed E-state index contributed by atoms with van der Waals surface area (Å²) in [5.74, 6) is 2.13. The molecule has 1 saturated carbocycles. The number of nitrogens with one attached hydrogen (secondary N) is 2. The molecule has 3 N–H and O–H groups in total. The Kier molecular flexibility index (Phi) is 8.25. The summed E-state index contributed by atoms with van der Waals surface area (Å²) in [4.78, 5) is 12.0. The van der Waals surface area contributed by atoms with E-state index < -0.39 is 0 Å². The molecule has 1 amide bonds. The number of carbonyl (C=O) groups is 1. The van der Waals surface area contributed by atoms with Gasteiger partial charge in [-0.15, -0.1) is 12.4 Å². The van der Waals surface area contributed by atoms with Crippen molar-refractivity contribution in [3.8, 4) is 0 Å². The van der Waals surface area contributed by atoms with E-state index in [1.807, 2.05) is 6.26 Å². The van der Waals surface area contributed by atoms with E-state index in [0.29, 0.717) is 18.3 Å². The molecule has 6 heteroatoms. The summed E-state index contributed by atoms with van der Waals surface area (Å²) in [6.45, 7) is 2.11. The second-order valence-electron chi connectivity index (χ2n) is 5.81. The van der Waals surface area contributed by atoms with Gasteiger partial charge in [0.05, 0.1) is 6.10 Å². The van der Waals surface area contributed by atoms with Gasteiger partial charge in [-0.25, -0.2) is 0 Å². The van der Waals surface area contributed by atoms with Gasteiger partial charge in [0.1, 0.15) is 0 Å². The van der Waals surface area contributed by atoms with Crippen molar-refractivity contribution in [1.82, 2.24) is 10.6 Å². The molecular formula is C14H27ClN2O2S. The summed E-state index contributed by atoms with van der Waals surface area (Å²) in [7, 11) is 0. The Bertz CT molecular complexity index is 295. The van der Waals surface area contributed by atoms with Gasteiger partial charge in [0.15, 0.2) is 0 Å². The maximum absolute atomic E-state index is 12.0. The molecule has 0 spiro atoms. The second kappa shape index (κ2) is 9.13. The minimum absolute atomic E-state index is 0. The fourth-order valence-corrected chi connectivity index (χ4v) is 3.59. The van der Waals surface area contributed by atoms with Gasteiger partial charge in [-0.1, -0.05) is 0 Å². The van der Waals surface area contributed by atoms with Crippen LogP contribution in [-0.2, 0) is 4.79 Å². The molecule has 118 valence electrons. The first-order valence-corrected chi connectivity index (χ1v) is 8.77. The Morgan fingerprint density at radius 1 is 1.35 bits per heavy atom. The molecule has 4 nitrogen and oxygen atoms in total. The number of aliphatic hydroxyl groups excluding tert-OH is 1. The molecule has 2 rings (SSSR count). The molecule has 0 aromatic rings. The van der Waals surface area contributed by atoms with E-state index >= 15 is 0 Å². The molecule has 20 heavy (non-hydrogen) atoms. The Hall–Kier alpha value is 0.0300. The molecule has 0 radical (unpaired) electrons. The maximum atomic E-state index is 12.0. The maximum Gasteiger partial charge on any atom is 0.221 e. The minimum atomic E-state index is -0.141. The van der Waals surface area contributed by atoms with Crippen LogP contribution in [0.3, 0.4) is 0 Å². The molecule has 1 heterocycles. The first-order chi connectivity index (χ1) is 9.20. The smallest absolute Gasteiger partial charge is 0.221 e. The highest BCUT2D eigenvalue weighted by Gasteiger charge is 2.38. The summed E-state index contributed by atoms with van der Waals surface area (Å²) in [6.07, 6.45) is 6.49. The van der Waals surface area contributed by atoms with E-state index in [1.54, 1.807) is 11.8 Å². The average Bonchev–Trinajstić information content (AvgIpc) is 2.40. The van der Waals surface area contributed by atoms with Crippen molar-refractivity contribution >= 4 is 30.1 Å². The van der Waals surface area contributed by atoms with Crippen molar-refractivity contribution in [3.05, 3.63) is 0 Å². The lowest BCUT2D eigenvalue weighted by Gasteiger charge is -2.43. The Labute approximate surface area is 132 Å². The summed E-state index contributed by atoms with van der Waals surface area (Å²) < 4.78 is 0. The molecule has 2 aliphatic rings. The van der Waals surface area contributed by atoms with Crippen LogP contribution in [0.15, 0.2) is 0 Å². The monoisotopic (exact) mass is 322 g/mol. The van der Waals surface area contributed by atoms with Crippen LogP contribution in [0.5, 0.6) is 0 Å². The second-order valence-corrected chi connectivity index (χ2v) is 6.79. The first kappa shape index (κ1) is 18.1. The van der Waals surface area contributed by atoms with Crippen LogP contribution in [0.4, 0.5) is 0 Å². The molecule has 0 aromatic carbocycles. The van der Waals surface area contributed by atoms with Gasteiger partial charge in [0.2, 0.25) is 5.91 Å². The third-order valence-corrected chi connectivity index (χ3v) is 5.02. The number of piperidine rings is 1. The van der Waals surface area contributed by atoms with E-state index in [-0.39, 0.29) is 30.5 Å². The zero-order valence-corrected chi connectivity index (χ0v) is 13.8. The van der Waals surface area contributed by atoms with Gasteiger partial charge < -0.3 is 15.7 Å². The number of thioether (sulfide) groups is 1. The van der Waals surface area contributed by atoms with Crippen LogP contribution in [0.2, 0.25) is 0 Å². The molecule has 0 bridgehead atoms. The highest BCUT2D eigenvalue weighted by Crippen LogP contribution is 2.35. The summed E-state index contributed by atoms with van der Waals surface area (Å²) in [5.41, 5.74) is 0. The SMILES string of the molecule is CSCCC(=O)NC(C1CCNCC1)C1CC(O)C1.Cl. The molecule has 0 aromatic heterocycles. The third kappa shape index (κ3) is 5.10. The lowest BCUT2D eigenvalue weighted by atomic mass is 9.71. The summed E-state index contributed by atoms with van der Waals surface area (Å²) in [5, 5.41) is 16.1. The Morgan fingerprint density at radius 3 is 2.55 bits per heavy atom. The molecule has 1 saturated heterocycles. The Morgan fingerprint density at radius 2 is 2.00 bits per heavy atom. The predicted octanol–water partition coefficient (Wildman–Crippen LogP) is 1.42. The molecule has 1 atom stereocenters. The quantitative estimate of drug-likeness (QED) is 0.692. The first-order valence-electron chi connectivity index (χ1n) is 7.37. The van der Waals surface area contributed by atoms with Crippen LogP contribution in [-0.4, -0.2) is 48.3 Å². The van der Waals surface area contributed by atoms with E-state index in [1.165, 1.54) is 0 Å². The zero-order chi connectivity index (χ0) is 13.7. The highest BCUT2D eigenvalue weighted by atomic mass is 35.5. The number of aliphatic hydroxyl groups is 1. The number of halogens is 1. The molecule has 2 fully saturated rings. The van der Waals surface area contributed by atoms with Crippen molar-refractivity contribution in [2.45, 2.75) is 44.2 Å². The van der Waals surface area contributed by atoms with Crippen LogP contribution in [0.25, 0.3) is 0 Å². The van der Waals surface area contributed by atoms with Crippen LogP contribution in [0, 0.1) is 11.8 Å². The van der Waals surface area contributed by atoms with Crippen molar-refractivity contribution < 1.29 is 9.90 Å². The Balaban J connectivity index is 0.00000200. The number of rotatable bonds is 6. The fraction of sp³-hybridized carbons (Fsp3) is 0.929. The van der Waals surface area contributed by atoms with E-state index in [4.69, 9.17) is 0 Å². The molecular weight excluding hydrogens is 296 g/mol. The summed E-state index contributed by atoms with van der Waals surface area (Å²) in [6, 6.07) is 0.278. The van der Waals surface area contributed by atoms with Crippen LogP contribution >= 0.6 is 24.2 Å². The van der Waals surface area contributed by atoms with Gasteiger partial charge in [0.25, 0.3) is 0 Å². The van der Waals surface area contributed by atoms with Gasteiger partial charge in [-0.2, -0.15) is 11.8 Å². The van der Waals surface area contributed by atoms with Crippen LogP contribution in [0.1, 0.15) is 32.1 Å². The molecule has 1 unspecified atom stereocenters. The average molecular weight is 323 g/mol. The van der Waals surface area contributed by atoms with Gasteiger partial charge in [-0.05, 0) is 56.9 Å². The van der Waals surface area contributed by atoms with E-state index in [2.05, 4.69) is 10.6 Å². The fourth-order valence-electron chi connectivity index (χ4n) is 3.20. The normalized spacial score (nSPS) is 28.1. The van der Waals surface area contributed by atoms with Crippen molar-refractivity contribution in [2.24, 2.45) is 11.8 Å². The largest absolute Gasteiger partial charge is 0.393 e. The third-order valence-electron chi connectivity index (χ3n) is 4.41.